The molecule has 7 nitrogen and oxygen atoms in total. The summed E-state index contributed by atoms with van der Waals surface area (Å²) in [6.07, 6.45) is 5.43. The molecule has 0 radical (unpaired) electrons. The second-order valence-corrected chi connectivity index (χ2v) is 7.12. The zero-order chi connectivity index (χ0) is 20.1. The van der Waals surface area contributed by atoms with Gasteiger partial charge >= 0.3 is 0 Å². The van der Waals surface area contributed by atoms with E-state index in [9.17, 15) is 9.59 Å². The number of carbonyl (C=O) groups is 2. The van der Waals surface area contributed by atoms with Crippen molar-refractivity contribution < 1.29 is 9.59 Å². The summed E-state index contributed by atoms with van der Waals surface area (Å²) in [7, 11) is 0. The van der Waals surface area contributed by atoms with E-state index in [0.717, 1.165) is 16.2 Å². The van der Waals surface area contributed by atoms with E-state index < -0.39 is 11.8 Å². The fourth-order valence-electron chi connectivity index (χ4n) is 2.73. The molecular formula is C21H17N5O2S. The second-order valence-electron chi connectivity index (χ2n) is 6.11. The number of thioether (sulfide) groups is 1. The lowest BCUT2D eigenvalue weighted by Crippen LogP contribution is -2.42. The van der Waals surface area contributed by atoms with Crippen molar-refractivity contribution in [2.45, 2.75) is 10.6 Å². The molecule has 4 rings (SSSR count). The van der Waals surface area contributed by atoms with Gasteiger partial charge in [-0.25, -0.2) is 4.98 Å². The second kappa shape index (κ2) is 8.57. The number of amides is 2. The maximum atomic E-state index is 12.6. The summed E-state index contributed by atoms with van der Waals surface area (Å²) in [4.78, 5) is 34.0. The molecule has 0 aliphatic carbocycles. The fraction of sp³-hybridized carbons (Fsp3) is 0.0476. The normalized spacial score (nSPS) is 10.6. The first-order valence-electron chi connectivity index (χ1n) is 8.87. The lowest BCUT2D eigenvalue weighted by Gasteiger charge is -2.10. The molecule has 0 spiro atoms. The lowest BCUT2D eigenvalue weighted by atomic mass is 10.2. The summed E-state index contributed by atoms with van der Waals surface area (Å²) in [5.74, 6) is -0.257. The first-order valence-corrected chi connectivity index (χ1v) is 9.85. The first kappa shape index (κ1) is 18.7. The van der Waals surface area contributed by atoms with Gasteiger partial charge in [-0.15, -0.1) is 11.8 Å². The van der Waals surface area contributed by atoms with Crippen LogP contribution in [-0.2, 0) is 5.75 Å². The van der Waals surface area contributed by atoms with Gasteiger partial charge in [-0.05, 0) is 36.4 Å². The van der Waals surface area contributed by atoms with Gasteiger partial charge in [0.15, 0.2) is 0 Å². The topological polar surface area (TPSA) is 88.4 Å². The molecule has 0 aliphatic rings. The van der Waals surface area contributed by atoms with Crippen molar-refractivity contribution in [3.05, 3.63) is 96.2 Å². The van der Waals surface area contributed by atoms with Crippen molar-refractivity contribution in [3.63, 3.8) is 0 Å². The number of rotatable bonds is 5. The maximum Gasteiger partial charge on any atom is 0.288 e. The molecule has 2 N–H and O–H groups in total. The molecule has 0 bridgehead atoms. The van der Waals surface area contributed by atoms with Crippen LogP contribution in [0.25, 0.3) is 5.65 Å². The number of hydrogen-bond donors (Lipinski definition) is 2. The van der Waals surface area contributed by atoms with Crippen LogP contribution >= 0.6 is 11.8 Å². The third-order valence-corrected chi connectivity index (χ3v) is 5.22. The molecule has 2 amide bonds. The summed E-state index contributed by atoms with van der Waals surface area (Å²) in [5, 5.41) is 0. The molecule has 1 aromatic carbocycles. The third-order valence-electron chi connectivity index (χ3n) is 4.11. The fourth-order valence-corrected chi connectivity index (χ4v) is 3.66. The van der Waals surface area contributed by atoms with Crippen LogP contribution in [0.5, 0.6) is 0 Å². The average Bonchev–Trinajstić information content (AvgIpc) is 3.19. The number of imidazole rings is 1. The van der Waals surface area contributed by atoms with E-state index in [2.05, 4.69) is 20.8 Å². The summed E-state index contributed by atoms with van der Waals surface area (Å²) in [6.45, 7) is 0. The minimum Gasteiger partial charge on any atom is -0.307 e. The summed E-state index contributed by atoms with van der Waals surface area (Å²) >= 11 is 1.51. The Balaban J connectivity index is 1.42. The molecule has 0 atom stereocenters. The van der Waals surface area contributed by atoms with Gasteiger partial charge in [0.1, 0.15) is 11.3 Å². The van der Waals surface area contributed by atoms with Gasteiger partial charge in [0.2, 0.25) is 0 Å². The van der Waals surface area contributed by atoms with Gasteiger partial charge < -0.3 is 4.40 Å². The van der Waals surface area contributed by atoms with E-state index in [1.807, 2.05) is 47.1 Å². The number of hydrogen-bond acceptors (Lipinski definition) is 5. The number of nitrogens with one attached hydrogen (secondary N) is 2. The van der Waals surface area contributed by atoms with Crippen LogP contribution in [0.4, 0.5) is 0 Å². The van der Waals surface area contributed by atoms with Crippen LogP contribution in [0.15, 0.2) is 84.1 Å². The molecule has 8 heteroatoms. The van der Waals surface area contributed by atoms with E-state index >= 15 is 0 Å². The van der Waals surface area contributed by atoms with Crippen molar-refractivity contribution in [1.82, 2.24) is 25.2 Å². The monoisotopic (exact) mass is 403 g/mol. The molecule has 29 heavy (non-hydrogen) atoms. The molecule has 3 aromatic heterocycles. The Bertz CT molecular complexity index is 1130. The van der Waals surface area contributed by atoms with Gasteiger partial charge in [-0.2, -0.15) is 0 Å². The van der Waals surface area contributed by atoms with E-state index in [-0.39, 0.29) is 5.69 Å². The Morgan fingerprint density at radius 3 is 2.55 bits per heavy atom. The molecular weight excluding hydrogens is 386 g/mol. The zero-order valence-electron chi connectivity index (χ0n) is 15.3. The number of pyridine rings is 2. The van der Waals surface area contributed by atoms with Crippen LogP contribution < -0.4 is 10.9 Å². The quantitative estimate of drug-likeness (QED) is 0.395. The molecule has 0 unspecified atom stereocenters. The molecule has 3 heterocycles. The number of hydrazine groups is 1. The number of benzene rings is 1. The molecule has 0 saturated carbocycles. The predicted octanol–water partition coefficient (Wildman–Crippen LogP) is 3.10. The standard InChI is InChI=1S/C21H17N5O2S/c27-20(24-25-21(28)17-8-3-5-11-22-17)16-7-1-2-9-18(16)29-14-15-13-26-12-6-4-10-19(26)23-15/h1-13H,14H2,(H,24,27)(H,25,28). The van der Waals surface area contributed by atoms with Crippen LogP contribution in [0, 0.1) is 0 Å². The van der Waals surface area contributed by atoms with Crippen LogP contribution in [0.1, 0.15) is 26.5 Å². The Morgan fingerprint density at radius 2 is 1.72 bits per heavy atom. The van der Waals surface area contributed by atoms with Gasteiger partial charge in [0, 0.05) is 29.2 Å². The third kappa shape index (κ3) is 4.44. The minimum absolute atomic E-state index is 0.224. The predicted molar refractivity (Wildman–Crippen MR) is 110 cm³/mol. The van der Waals surface area contributed by atoms with Gasteiger partial charge in [0.05, 0.1) is 11.3 Å². The van der Waals surface area contributed by atoms with Gasteiger partial charge in [-0.3, -0.25) is 25.4 Å². The summed E-state index contributed by atoms with van der Waals surface area (Å²) in [5.41, 5.74) is 7.33. The Hall–Kier alpha value is -3.65. The van der Waals surface area contributed by atoms with Gasteiger partial charge in [-0.1, -0.05) is 24.3 Å². The minimum atomic E-state index is -0.478. The number of nitrogens with zero attached hydrogens (tertiary/aromatic N) is 3. The van der Waals surface area contributed by atoms with E-state index in [0.29, 0.717) is 11.3 Å². The van der Waals surface area contributed by atoms with Crippen LogP contribution in [-0.4, -0.2) is 26.2 Å². The molecule has 0 fully saturated rings. The Labute approximate surface area is 171 Å². The van der Waals surface area contributed by atoms with Crippen LogP contribution in [0.2, 0.25) is 0 Å². The SMILES string of the molecule is O=C(NNC(=O)c1ccccc1SCc1cn2ccccc2n1)c1ccccn1. The molecule has 4 aromatic rings. The molecule has 0 aliphatic heterocycles. The van der Waals surface area contributed by atoms with E-state index in [1.165, 1.54) is 18.0 Å². The lowest BCUT2D eigenvalue weighted by molar-refractivity contribution is 0.0842. The van der Waals surface area contributed by atoms with E-state index in [1.54, 1.807) is 30.3 Å². The highest BCUT2D eigenvalue weighted by atomic mass is 32.2. The maximum absolute atomic E-state index is 12.6. The number of aromatic nitrogens is 3. The van der Waals surface area contributed by atoms with Crippen molar-refractivity contribution in [2.75, 3.05) is 0 Å². The largest absolute Gasteiger partial charge is 0.307 e. The first-order chi connectivity index (χ1) is 14.2. The average molecular weight is 403 g/mol. The summed E-state index contributed by atoms with van der Waals surface area (Å²) < 4.78 is 1.96. The van der Waals surface area contributed by atoms with Crippen molar-refractivity contribution in [1.29, 1.82) is 0 Å². The zero-order valence-corrected chi connectivity index (χ0v) is 16.1. The highest BCUT2D eigenvalue weighted by molar-refractivity contribution is 7.98. The number of fused-ring (bicyclic) bond motifs is 1. The van der Waals surface area contributed by atoms with Gasteiger partial charge in [0.25, 0.3) is 11.8 Å². The van der Waals surface area contributed by atoms with Crippen molar-refractivity contribution in [3.8, 4) is 0 Å². The molecule has 0 saturated heterocycles. The highest BCUT2D eigenvalue weighted by Gasteiger charge is 2.14. The van der Waals surface area contributed by atoms with Crippen molar-refractivity contribution >= 4 is 29.2 Å². The molecule has 144 valence electrons. The van der Waals surface area contributed by atoms with Crippen LogP contribution in [0.3, 0.4) is 0 Å². The van der Waals surface area contributed by atoms with Crippen molar-refractivity contribution in [2.24, 2.45) is 0 Å². The summed E-state index contributed by atoms with van der Waals surface area (Å²) in [6, 6.07) is 18.1. The Morgan fingerprint density at radius 1 is 0.931 bits per heavy atom. The highest BCUT2D eigenvalue weighted by Crippen LogP contribution is 2.26. The smallest absolute Gasteiger partial charge is 0.288 e. The van der Waals surface area contributed by atoms with E-state index in [4.69, 9.17) is 0 Å². The number of carbonyl (C=O) groups excluding carboxylic acids is 2. The Kier molecular flexibility index (Phi) is 5.53.